The fraction of sp³-hybridized carbons (Fsp3) is 0.529. The number of alkyl halides is 2. The van der Waals surface area contributed by atoms with Gasteiger partial charge >= 0.3 is 11.7 Å². The van der Waals surface area contributed by atoms with Crippen LogP contribution >= 0.6 is 36.1 Å². The van der Waals surface area contributed by atoms with Crippen LogP contribution in [0, 0.1) is 0 Å². The number of benzene rings is 1. The third-order valence-corrected chi connectivity index (χ3v) is 6.78. The summed E-state index contributed by atoms with van der Waals surface area (Å²) in [6.45, 7) is 4.47. The first-order chi connectivity index (χ1) is 12.9. The number of fused-ring (bicyclic) bond motifs is 1. The molecule has 1 atom stereocenters. The minimum atomic E-state index is -3.76. The van der Waals surface area contributed by atoms with Crippen molar-refractivity contribution in [3.8, 4) is 6.01 Å². The molecule has 10 heteroatoms. The number of nitrogens with zero attached hydrogens (tertiary/aromatic N) is 2. The summed E-state index contributed by atoms with van der Waals surface area (Å²) in [5.41, 5.74) is -4.02. The molecular weight excluding hydrogens is 461 g/mol. The topological polar surface area (TPSA) is 75.5 Å². The molecule has 5 nitrogen and oxygen atoms in total. The van der Waals surface area contributed by atoms with Crippen LogP contribution in [0.25, 0.3) is 10.9 Å². The summed E-state index contributed by atoms with van der Waals surface area (Å²) in [6, 6.07) is 2.68. The fourth-order valence-electron chi connectivity index (χ4n) is 2.60. The van der Waals surface area contributed by atoms with Gasteiger partial charge in [0, 0.05) is 26.9 Å². The molecule has 1 aromatic carbocycles. The molecule has 0 spiro atoms. The predicted octanol–water partition coefficient (Wildman–Crippen LogP) is 5.43. The Kier molecular flexibility index (Phi) is 8.62. The van der Waals surface area contributed by atoms with E-state index in [2.05, 4.69) is 25.9 Å². The van der Waals surface area contributed by atoms with E-state index in [1.54, 1.807) is 0 Å². The van der Waals surface area contributed by atoms with Gasteiger partial charge in [-0.2, -0.15) is 25.5 Å². The lowest BCUT2D eigenvalue weighted by atomic mass is 10.1. The molecule has 0 bridgehead atoms. The maximum Gasteiger partial charge on any atom is 0.340 e. The molecule has 0 aliphatic carbocycles. The molecule has 1 fully saturated rings. The summed E-state index contributed by atoms with van der Waals surface area (Å²) >= 11 is 4.97. The zero-order chi connectivity index (χ0) is 20.0. The first-order valence-electron chi connectivity index (χ1n) is 8.65. The quantitative estimate of drug-likeness (QED) is 0.534. The van der Waals surface area contributed by atoms with Crippen molar-refractivity contribution in [2.45, 2.75) is 44.0 Å². The van der Waals surface area contributed by atoms with Crippen LogP contribution < -0.4 is 4.74 Å². The van der Waals surface area contributed by atoms with Gasteiger partial charge < -0.3 is 14.5 Å². The number of halogens is 3. The number of aromatic nitrogens is 2. The van der Waals surface area contributed by atoms with E-state index in [0.717, 1.165) is 12.5 Å². The second kappa shape index (κ2) is 10.3. The summed E-state index contributed by atoms with van der Waals surface area (Å²) in [7, 11) is -3.45. The number of thioether (sulfide) groups is 1. The second-order valence-electron chi connectivity index (χ2n) is 5.65. The molecule has 3 rings (SSSR count). The average molecular weight is 483 g/mol. The van der Waals surface area contributed by atoms with Crippen LogP contribution in [0.3, 0.4) is 0 Å². The highest BCUT2D eigenvalue weighted by Gasteiger charge is 2.42. The maximum absolute atomic E-state index is 14.0. The zero-order valence-corrected chi connectivity index (χ0v) is 18.3. The number of hydrogen-bond acceptors (Lipinski definition) is 6. The van der Waals surface area contributed by atoms with E-state index in [1.165, 1.54) is 30.9 Å². The van der Waals surface area contributed by atoms with Gasteiger partial charge in [-0.1, -0.05) is 29.8 Å². The van der Waals surface area contributed by atoms with Gasteiger partial charge in [0.1, 0.15) is 0 Å². The highest BCUT2D eigenvalue weighted by atomic mass is 79.9. The first kappa shape index (κ1) is 22.7. The third kappa shape index (κ3) is 5.70. The molecule has 1 aliphatic rings. The Labute approximate surface area is 171 Å². The summed E-state index contributed by atoms with van der Waals surface area (Å²) < 4.78 is 33.5. The summed E-state index contributed by atoms with van der Waals surface area (Å²) in [4.78, 5) is 26.2. The molecule has 0 amide bonds. The van der Waals surface area contributed by atoms with Gasteiger partial charge in [-0.15, -0.1) is 0 Å². The van der Waals surface area contributed by atoms with Crippen LogP contribution in [0.15, 0.2) is 22.8 Å². The van der Waals surface area contributed by atoms with Crippen LogP contribution in [0.2, 0.25) is 0 Å². The van der Waals surface area contributed by atoms with Gasteiger partial charge in [0.05, 0.1) is 12.1 Å². The van der Waals surface area contributed by atoms with Crippen LogP contribution in [-0.4, -0.2) is 37.4 Å². The van der Waals surface area contributed by atoms with Crippen molar-refractivity contribution in [3.63, 3.8) is 0 Å². The van der Waals surface area contributed by atoms with Gasteiger partial charge in [-0.3, -0.25) is 0 Å². The van der Waals surface area contributed by atoms with E-state index in [4.69, 9.17) is 14.5 Å². The minimum absolute atomic E-state index is 0.0659. The monoisotopic (exact) mass is 482 g/mol. The highest BCUT2D eigenvalue weighted by molar-refractivity contribution is 9.10. The largest absolute Gasteiger partial charge is 0.463 e. The molecule has 2 heterocycles. The van der Waals surface area contributed by atoms with Crippen LogP contribution in [0.5, 0.6) is 6.01 Å². The van der Waals surface area contributed by atoms with Crippen molar-refractivity contribution in [2.75, 3.05) is 12.4 Å². The fourth-order valence-corrected chi connectivity index (χ4v) is 5.02. The lowest BCUT2D eigenvalue weighted by Gasteiger charge is -2.19. The lowest BCUT2D eigenvalue weighted by molar-refractivity contribution is 0.0726. The van der Waals surface area contributed by atoms with Crippen molar-refractivity contribution >= 4 is 47.0 Å². The van der Waals surface area contributed by atoms with E-state index in [9.17, 15) is 8.78 Å². The van der Waals surface area contributed by atoms with Crippen LogP contribution in [-0.2, 0) is 5.66 Å². The Balaban J connectivity index is 0.00000126. The molecule has 0 radical (unpaired) electrons. The number of rotatable bonds is 6. The standard InChI is InChI=1S/C15H16BrF2N2O3PS.C2H6/c16-12-6-9-8-19-14(23-4-3-10-2-1-5-25-10)20-13(9)7-11(12)15(17,18)24(21)22;1-2/h6-8,10,21-22H,1-5H2;1-2H3. The van der Waals surface area contributed by atoms with E-state index in [0.29, 0.717) is 17.2 Å². The molecule has 0 saturated carbocycles. The van der Waals surface area contributed by atoms with E-state index < -0.39 is 19.6 Å². The molecule has 1 unspecified atom stereocenters. The van der Waals surface area contributed by atoms with E-state index >= 15 is 0 Å². The molecule has 2 aromatic rings. The average Bonchev–Trinajstić information content (AvgIpc) is 3.16. The molecular formula is C17H22BrF2N2O3PS. The molecule has 27 heavy (non-hydrogen) atoms. The summed E-state index contributed by atoms with van der Waals surface area (Å²) in [5, 5.41) is 1.14. The SMILES string of the molecule is CC.OP(O)C(F)(F)c1cc2nc(OCCC3CCCS3)ncc2cc1Br. The van der Waals surface area contributed by atoms with Gasteiger partial charge in [0.2, 0.25) is 8.38 Å². The maximum atomic E-state index is 14.0. The molecule has 2 N–H and O–H groups in total. The van der Waals surface area contributed by atoms with Gasteiger partial charge in [0.25, 0.3) is 0 Å². The van der Waals surface area contributed by atoms with Gasteiger partial charge in [0.15, 0.2) is 0 Å². The van der Waals surface area contributed by atoms with Crippen LogP contribution in [0.1, 0.15) is 38.7 Å². The summed E-state index contributed by atoms with van der Waals surface area (Å²) in [5.74, 6) is 1.18. The second-order valence-corrected chi connectivity index (χ2v) is 9.05. The molecule has 1 saturated heterocycles. The van der Waals surface area contributed by atoms with Crippen molar-refractivity contribution in [3.05, 3.63) is 28.4 Å². The van der Waals surface area contributed by atoms with Gasteiger partial charge in [-0.05, 0) is 37.1 Å². The Hall–Kier alpha value is -0.600. The zero-order valence-electron chi connectivity index (χ0n) is 15.0. The Morgan fingerprint density at radius 1 is 1.37 bits per heavy atom. The predicted molar refractivity (Wildman–Crippen MR) is 109 cm³/mol. The summed E-state index contributed by atoms with van der Waals surface area (Å²) in [6.07, 6.45) is 4.81. The smallest absolute Gasteiger partial charge is 0.340 e. The molecule has 1 aliphatic heterocycles. The van der Waals surface area contributed by atoms with Crippen LogP contribution in [0.4, 0.5) is 8.78 Å². The Morgan fingerprint density at radius 2 is 2.11 bits per heavy atom. The Bertz CT molecular complexity index is 764. The highest BCUT2D eigenvalue weighted by Crippen LogP contribution is 2.54. The molecule has 150 valence electrons. The van der Waals surface area contributed by atoms with Gasteiger partial charge in [-0.25, -0.2) is 4.98 Å². The lowest BCUT2D eigenvalue weighted by Crippen LogP contribution is -2.12. The Morgan fingerprint density at radius 3 is 2.74 bits per heavy atom. The minimum Gasteiger partial charge on any atom is -0.463 e. The van der Waals surface area contributed by atoms with Crippen molar-refractivity contribution in [2.24, 2.45) is 0 Å². The normalized spacial score (nSPS) is 17.1. The third-order valence-electron chi connectivity index (χ3n) is 3.92. The number of ether oxygens (including phenoxy) is 1. The van der Waals surface area contributed by atoms with E-state index in [1.807, 2.05) is 25.6 Å². The first-order valence-corrected chi connectivity index (χ1v) is 11.7. The van der Waals surface area contributed by atoms with Crippen molar-refractivity contribution in [1.82, 2.24) is 9.97 Å². The van der Waals surface area contributed by atoms with Crippen molar-refractivity contribution < 1.29 is 23.3 Å². The van der Waals surface area contributed by atoms with E-state index in [-0.39, 0.29) is 16.0 Å². The number of hydrogen-bond donors (Lipinski definition) is 2. The van der Waals surface area contributed by atoms with Crippen molar-refractivity contribution in [1.29, 1.82) is 0 Å². The molecule has 1 aromatic heterocycles.